The van der Waals surface area contributed by atoms with E-state index < -0.39 is 11.3 Å². The van der Waals surface area contributed by atoms with Crippen LogP contribution in [0, 0.1) is 0 Å². The van der Waals surface area contributed by atoms with E-state index in [9.17, 15) is 13.6 Å². The predicted octanol–water partition coefficient (Wildman–Crippen LogP) is 4.53. The monoisotopic (exact) mass is 483 g/mol. The Balaban J connectivity index is 1.60. The SMILES string of the molecule is CCOC(=O)Cn1ncc2c1CCCC2N(c1ccc(-c2cccc(OCC)c2)cc1)S(=O)O. The van der Waals surface area contributed by atoms with E-state index in [-0.39, 0.29) is 18.6 Å². The van der Waals surface area contributed by atoms with Crippen LogP contribution in [-0.2, 0) is 33.8 Å². The maximum absolute atomic E-state index is 12.5. The Morgan fingerprint density at radius 1 is 1.18 bits per heavy atom. The number of hydrogen-bond acceptors (Lipinski definition) is 5. The van der Waals surface area contributed by atoms with E-state index in [1.807, 2.05) is 55.5 Å². The molecule has 0 saturated carbocycles. The standard InChI is InChI=1S/C25H29N3O5S/c1-3-32-21-8-5-7-19(15-21)18-11-13-20(14-12-18)28(34(30)31)24-10-6-9-23-22(24)16-26-27(23)17-25(29)33-4-2/h5,7-8,11-16,24H,3-4,6,9-10,17H2,1-2H3,(H,30,31). The molecular weight excluding hydrogens is 454 g/mol. The molecule has 1 aromatic heterocycles. The summed E-state index contributed by atoms with van der Waals surface area (Å²) in [7, 11) is 0. The lowest BCUT2D eigenvalue weighted by Gasteiger charge is -2.33. The number of ether oxygens (including phenoxy) is 2. The summed E-state index contributed by atoms with van der Waals surface area (Å²) in [5, 5.41) is 4.38. The molecule has 0 aliphatic heterocycles. The van der Waals surface area contributed by atoms with Crippen molar-refractivity contribution in [2.24, 2.45) is 0 Å². The number of esters is 1. The first-order valence-electron chi connectivity index (χ1n) is 11.5. The van der Waals surface area contributed by atoms with Gasteiger partial charge in [0.25, 0.3) is 11.3 Å². The van der Waals surface area contributed by atoms with Crippen LogP contribution in [0.15, 0.2) is 54.7 Å². The Hall–Kier alpha value is -3.17. The van der Waals surface area contributed by atoms with Gasteiger partial charge in [-0.3, -0.25) is 18.3 Å². The van der Waals surface area contributed by atoms with Crippen molar-refractivity contribution in [3.05, 3.63) is 66.0 Å². The molecule has 0 saturated heterocycles. The molecule has 4 rings (SSSR count). The summed E-state index contributed by atoms with van der Waals surface area (Å²) in [4.78, 5) is 12.0. The molecule has 0 radical (unpaired) electrons. The van der Waals surface area contributed by atoms with Gasteiger partial charge in [0.15, 0.2) is 0 Å². The summed E-state index contributed by atoms with van der Waals surface area (Å²) in [6.07, 6.45) is 3.99. The summed E-state index contributed by atoms with van der Waals surface area (Å²) in [5.41, 5.74) is 4.41. The Kier molecular flexibility index (Phi) is 7.64. The van der Waals surface area contributed by atoms with E-state index in [1.165, 1.54) is 4.31 Å². The molecule has 34 heavy (non-hydrogen) atoms. The number of carbonyl (C=O) groups excluding carboxylic acids is 1. The Morgan fingerprint density at radius 3 is 2.68 bits per heavy atom. The first-order valence-corrected chi connectivity index (χ1v) is 12.5. The topological polar surface area (TPSA) is 93.9 Å². The van der Waals surface area contributed by atoms with E-state index in [1.54, 1.807) is 17.8 Å². The van der Waals surface area contributed by atoms with E-state index in [2.05, 4.69) is 5.10 Å². The Labute approximate surface area is 201 Å². The van der Waals surface area contributed by atoms with Gasteiger partial charge in [-0.1, -0.05) is 24.3 Å². The molecule has 9 heteroatoms. The average molecular weight is 484 g/mol. The molecular formula is C25H29N3O5S. The first kappa shape index (κ1) is 24.0. The molecule has 0 bridgehead atoms. The van der Waals surface area contributed by atoms with Crippen LogP contribution >= 0.6 is 0 Å². The fraction of sp³-hybridized carbons (Fsp3) is 0.360. The number of aromatic nitrogens is 2. The fourth-order valence-electron chi connectivity index (χ4n) is 4.42. The minimum absolute atomic E-state index is 0.0353. The van der Waals surface area contributed by atoms with Crippen LogP contribution < -0.4 is 9.04 Å². The van der Waals surface area contributed by atoms with Crippen molar-refractivity contribution in [2.45, 2.75) is 45.7 Å². The highest BCUT2D eigenvalue weighted by Crippen LogP contribution is 2.38. The van der Waals surface area contributed by atoms with Gasteiger partial charge in [0, 0.05) is 11.3 Å². The lowest BCUT2D eigenvalue weighted by Crippen LogP contribution is -2.33. The summed E-state index contributed by atoms with van der Waals surface area (Å²) in [5.74, 6) is 0.457. The minimum Gasteiger partial charge on any atom is -0.494 e. The third-order valence-electron chi connectivity index (χ3n) is 5.87. The average Bonchev–Trinajstić information content (AvgIpc) is 3.23. The highest BCUT2D eigenvalue weighted by Gasteiger charge is 2.32. The first-order chi connectivity index (χ1) is 16.5. The molecule has 0 amide bonds. The summed E-state index contributed by atoms with van der Waals surface area (Å²) < 4.78 is 36.5. The van der Waals surface area contributed by atoms with Crippen LogP contribution in [0.25, 0.3) is 11.1 Å². The van der Waals surface area contributed by atoms with Gasteiger partial charge in [-0.15, -0.1) is 0 Å². The molecule has 0 spiro atoms. The van der Waals surface area contributed by atoms with E-state index >= 15 is 0 Å². The van der Waals surface area contributed by atoms with E-state index in [4.69, 9.17) is 9.47 Å². The third-order valence-corrected chi connectivity index (χ3v) is 6.67. The number of anilines is 1. The van der Waals surface area contributed by atoms with Gasteiger partial charge in [-0.05, 0) is 68.5 Å². The van der Waals surface area contributed by atoms with Crippen LogP contribution in [0.5, 0.6) is 5.75 Å². The van der Waals surface area contributed by atoms with Crippen LogP contribution in [-0.4, -0.2) is 37.7 Å². The molecule has 3 aromatic rings. The van der Waals surface area contributed by atoms with Crippen molar-refractivity contribution in [2.75, 3.05) is 17.5 Å². The number of carbonyl (C=O) groups is 1. The Morgan fingerprint density at radius 2 is 1.97 bits per heavy atom. The fourth-order valence-corrected chi connectivity index (χ4v) is 5.15. The van der Waals surface area contributed by atoms with Crippen molar-refractivity contribution in [3.63, 3.8) is 0 Å². The predicted molar refractivity (Wildman–Crippen MR) is 131 cm³/mol. The van der Waals surface area contributed by atoms with Crippen LogP contribution in [0.2, 0.25) is 0 Å². The number of fused-ring (bicyclic) bond motifs is 1. The molecule has 180 valence electrons. The molecule has 1 heterocycles. The van der Waals surface area contributed by atoms with Gasteiger partial charge in [-0.25, -0.2) is 4.21 Å². The lowest BCUT2D eigenvalue weighted by atomic mass is 9.92. The zero-order valence-corrected chi connectivity index (χ0v) is 20.2. The quantitative estimate of drug-likeness (QED) is 0.355. The Bertz CT molecular complexity index is 1160. The van der Waals surface area contributed by atoms with Crippen molar-refractivity contribution < 1.29 is 23.0 Å². The smallest absolute Gasteiger partial charge is 0.327 e. The summed E-state index contributed by atoms with van der Waals surface area (Å²) in [6, 6.07) is 15.1. The molecule has 8 nitrogen and oxygen atoms in total. The van der Waals surface area contributed by atoms with Crippen molar-refractivity contribution in [1.82, 2.24) is 9.78 Å². The minimum atomic E-state index is -2.24. The number of hydrogen-bond donors (Lipinski definition) is 1. The van der Waals surface area contributed by atoms with Gasteiger partial charge < -0.3 is 9.47 Å². The highest BCUT2D eigenvalue weighted by molar-refractivity contribution is 7.80. The van der Waals surface area contributed by atoms with Crippen LogP contribution in [0.3, 0.4) is 0 Å². The lowest BCUT2D eigenvalue weighted by molar-refractivity contribution is -0.144. The van der Waals surface area contributed by atoms with Gasteiger partial charge in [0.2, 0.25) is 0 Å². The normalized spacial score (nSPS) is 15.9. The van der Waals surface area contributed by atoms with Gasteiger partial charge in [0.1, 0.15) is 12.3 Å². The third kappa shape index (κ3) is 5.15. The second-order valence-corrected chi connectivity index (χ2v) is 8.84. The molecule has 2 atom stereocenters. The van der Waals surface area contributed by atoms with E-state index in [0.717, 1.165) is 41.0 Å². The zero-order chi connectivity index (χ0) is 24.1. The molecule has 2 unspecified atom stereocenters. The number of benzene rings is 2. The van der Waals surface area contributed by atoms with Crippen molar-refractivity contribution >= 4 is 22.9 Å². The zero-order valence-electron chi connectivity index (χ0n) is 19.3. The molecule has 1 aliphatic carbocycles. The number of nitrogens with zero attached hydrogens (tertiary/aromatic N) is 3. The summed E-state index contributed by atoms with van der Waals surface area (Å²) >= 11 is -2.24. The van der Waals surface area contributed by atoms with Crippen molar-refractivity contribution in [3.8, 4) is 16.9 Å². The maximum atomic E-state index is 12.5. The van der Waals surface area contributed by atoms with Gasteiger partial charge in [-0.2, -0.15) is 5.10 Å². The van der Waals surface area contributed by atoms with Crippen molar-refractivity contribution in [1.29, 1.82) is 0 Å². The maximum Gasteiger partial charge on any atom is 0.327 e. The molecule has 1 N–H and O–H groups in total. The molecule has 0 fully saturated rings. The summed E-state index contributed by atoms with van der Waals surface area (Å²) in [6.45, 7) is 4.66. The molecule has 2 aromatic carbocycles. The second kappa shape index (κ2) is 10.8. The largest absolute Gasteiger partial charge is 0.494 e. The van der Waals surface area contributed by atoms with Crippen LogP contribution in [0.1, 0.15) is 44.0 Å². The second-order valence-electron chi connectivity index (χ2n) is 7.98. The van der Waals surface area contributed by atoms with Gasteiger partial charge in [0.05, 0.1) is 31.1 Å². The molecule has 1 aliphatic rings. The highest BCUT2D eigenvalue weighted by atomic mass is 32.2. The van der Waals surface area contributed by atoms with Crippen LogP contribution in [0.4, 0.5) is 5.69 Å². The van der Waals surface area contributed by atoms with E-state index in [0.29, 0.717) is 25.3 Å². The van der Waals surface area contributed by atoms with Gasteiger partial charge >= 0.3 is 5.97 Å². The number of rotatable bonds is 9.